The van der Waals surface area contributed by atoms with E-state index < -0.39 is 17.8 Å². The summed E-state index contributed by atoms with van der Waals surface area (Å²) < 4.78 is 5.50. The lowest BCUT2D eigenvalue weighted by Crippen LogP contribution is -2.65. The summed E-state index contributed by atoms with van der Waals surface area (Å²) in [5, 5.41) is 36.6. The van der Waals surface area contributed by atoms with Gasteiger partial charge in [0, 0.05) is 17.2 Å². The van der Waals surface area contributed by atoms with Crippen molar-refractivity contribution in [3.8, 4) is 0 Å². The molecule has 0 amide bonds. The molecule has 31 heavy (non-hydrogen) atoms. The number of carbonyl (C=O) groups is 1. The molecular formula is C25H36O5S. The Bertz CT molecular complexity index is 841. The maximum Gasteiger partial charge on any atom is 0.302 e. The fraction of sp³-hybridized carbons (Fsp3) is 0.800. The first kappa shape index (κ1) is 21.9. The van der Waals surface area contributed by atoms with E-state index in [0.717, 1.165) is 43.4 Å². The molecule has 10 atom stereocenters. The fourth-order valence-electron chi connectivity index (χ4n) is 8.50. The lowest BCUT2D eigenvalue weighted by atomic mass is 9.43. The SMILES string of the molecule is CC(=O)O[C@H]1CC[C@@]2(C)[C@H](C1)[C@@H](O)[C@H](O)C1[C@@H]3CC[C@@](O)(c4cccs4)C3(C)CC[C@@H]12. The Morgan fingerprint density at radius 1 is 1.06 bits per heavy atom. The number of thiophene rings is 1. The van der Waals surface area contributed by atoms with E-state index in [0.29, 0.717) is 12.3 Å². The number of aliphatic hydroxyl groups excluding tert-OH is 2. The molecule has 4 fully saturated rings. The van der Waals surface area contributed by atoms with Gasteiger partial charge < -0.3 is 20.1 Å². The molecule has 1 heterocycles. The van der Waals surface area contributed by atoms with E-state index in [1.54, 1.807) is 11.3 Å². The smallest absolute Gasteiger partial charge is 0.302 e. The highest BCUT2D eigenvalue weighted by molar-refractivity contribution is 7.10. The van der Waals surface area contributed by atoms with Crippen molar-refractivity contribution in [2.75, 3.05) is 0 Å². The maximum atomic E-state index is 11.9. The van der Waals surface area contributed by atoms with Crippen LogP contribution in [0.25, 0.3) is 0 Å². The van der Waals surface area contributed by atoms with Crippen molar-refractivity contribution in [3.05, 3.63) is 22.4 Å². The Morgan fingerprint density at radius 3 is 2.48 bits per heavy atom. The van der Waals surface area contributed by atoms with Crippen LogP contribution >= 0.6 is 11.3 Å². The number of esters is 1. The van der Waals surface area contributed by atoms with Gasteiger partial charge in [-0.05, 0) is 85.5 Å². The van der Waals surface area contributed by atoms with Gasteiger partial charge in [0.25, 0.3) is 0 Å². The summed E-state index contributed by atoms with van der Waals surface area (Å²) in [6.07, 6.45) is 4.06. The largest absolute Gasteiger partial charge is 0.463 e. The Kier molecular flexibility index (Phi) is 5.13. The zero-order valence-electron chi connectivity index (χ0n) is 18.8. The molecule has 4 aliphatic rings. The van der Waals surface area contributed by atoms with Gasteiger partial charge in [0.15, 0.2) is 0 Å². The van der Waals surface area contributed by atoms with Crippen LogP contribution in [-0.2, 0) is 15.1 Å². The summed E-state index contributed by atoms with van der Waals surface area (Å²) in [7, 11) is 0. The molecule has 0 aliphatic heterocycles. The third kappa shape index (κ3) is 2.94. The summed E-state index contributed by atoms with van der Waals surface area (Å²) in [4.78, 5) is 12.5. The second-order valence-corrected chi connectivity index (χ2v) is 12.2. The van der Waals surface area contributed by atoms with Gasteiger partial charge in [-0.15, -0.1) is 11.3 Å². The van der Waals surface area contributed by atoms with Crippen LogP contribution < -0.4 is 0 Å². The van der Waals surface area contributed by atoms with Crippen molar-refractivity contribution in [1.29, 1.82) is 0 Å². The van der Waals surface area contributed by atoms with Crippen LogP contribution in [-0.4, -0.2) is 39.6 Å². The van der Waals surface area contributed by atoms with Crippen LogP contribution in [0.3, 0.4) is 0 Å². The molecule has 4 saturated carbocycles. The first-order chi connectivity index (χ1) is 14.6. The minimum absolute atomic E-state index is 0.00531. The van der Waals surface area contributed by atoms with Gasteiger partial charge in [0.05, 0.1) is 12.2 Å². The van der Waals surface area contributed by atoms with Gasteiger partial charge in [-0.3, -0.25) is 4.79 Å². The second kappa shape index (κ2) is 7.28. The van der Waals surface area contributed by atoms with E-state index >= 15 is 0 Å². The molecule has 6 heteroatoms. The standard InChI is InChI=1S/C25H36O5S/c1-14(26)30-15-6-9-23(2)16-7-10-24(3)17(20(16)22(28)21(27)18(23)13-15)8-11-25(24,29)19-5-4-12-31-19/h4-5,12,15-18,20-22,27-29H,6-11,13H2,1-3H3/t15-,16-,17-,18+,20?,21+,22+,23+,24?,25+/m0/s1. The Hall–Kier alpha value is -0.950. The van der Waals surface area contributed by atoms with E-state index in [4.69, 9.17) is 4.74 Å². The molecule has 1 aromatic rings. The Morgan fingerprint density at radius 2 is 1.81 bits per heavy atom. The molecule has 0 bridgehead atoms. The van der Waals surface area contributed by atoms with Crippen molar-refractivity contribution in [1.82, 2.24) is 0 Å². The number of hydrogen-bond acceptors (Lipinski definition) is 6. The van der Waals surface area contributed by atoms with Gasteiger partial charge in [0.1, 0.15) is 11.7 Å². The highest BCUT2D eigenvalue weighted by atomic mass is 32.1. The number of carbonyl (C=O) groups excluding carboxylic acids is 1. The minimum atomic E-state index is -0.855. The molecule has 5 rings (SSSR count). The van der Waals surface area contributed by atoms with Crippen molar-refractivity contribution in [3.63, 3.8) is 0 Å². The number of ether oxygens (including phenoxy) is 1. The van der Waals surface area contributed by atoms with Gasteiger partial charge in [-0.25, -0.2) is 0 Å². The van der Waals surface area contributed by atoms with Crippen LogP contribution in [0.5, 0.6) is 0 Å². The van der Waals surface area contributed by atoms with Crippen LogP contribution in [0.15, 0.2) is 17.5 Å². The summed E-state index contributed by atoms with van der Waals surface area (Å²) >= 11 is 1.62. The lowest BCUT2D eigenvalue weighted by molar-refractivity contribution is -0.234. The molecule has 3 N–H and O–H groups in total. The van der Waals surface area contributed by atoms with Gasteiger partial charge in [0.2, 0.25) is 0 Å². The first-order valence-electron chi connectivity index (χ1n) is 11.9. The monoisotopic (exact) mass is 448 g/mol. The topological polar surface area (TPSA) is 87.0 Å². The van der Waals surface area contributed by atoms with Gasteiger partial charge >= 0.3 is 5.97 Å². The van der Waals surface area contributed by atoms with Crippen LogP contribution in [0, 0.1) is 34.5 Å². The third-order valence-electron chi connectivity index (χ3n) is 10.1. The molecule has 4 aliphatic carbocycles. The van der Waals surface area contributed by atoms with E-state index in [-0.39, 0.29) is 40.7 Å². The molecule has 0 radical (unpaired) electrons. The normalized spacial score (nSPS) is 51.5. The summed E-state index contributed by atoms with van der Waals surface area (Å²) in [6, 6.07) is 4.05. The number of fused-ring (bicyclic) bond motifs is 5. The number of aliphatic hydroxyl groups is 3. The fourth-order valence-corrected chi connectivity index (χ4v) is 9.49. The molecule has 2 unspecified atom stereocenters. The van der Waals surface area contributed by atoms with Crippen LogP contribution in [0.2, 0.25) is 0 Å². The Labute approximate surface area is 188 Å². The zero-order chi connectivity index (χ0) is 22.2. The predicted octanol–water partition coefficient (Wildman–Crippen LogP) is 3.85. The van der Waals surface area contributed by atoms with Crippen molar-refractivity contribution >= 4 is 17.3 Å². The molecule has 0 spiro atoms. The highest BCUT2D eigenvalue weighted by Crippen LogP contribution is 2.70. The van der Waals surface area contributed by atoms with Crippen LogP contribution in [0.1, 0.15) is 70.6 Å². The van der Waals surface area contributed by atoms with E-state index in [1.165, 1.54) is 6.92 Å². The van der Waals surface area contributed by atoms with Gasteiger partial charge in [-0.2, -0.15) is 0 Å². The van der Waals surface area contributed by atoms with Crippen LogP contribution in [0.4, 0.5) is 0 Å². The average Bonchev–Trinajstić information content (AvgIpc) is 3.35. The van der Waals surface area contributed by atoms with Gasteiger partial charge in [-0.1, -0.05) is 19.9 Å². The molecule has 1 aromatic heterocycles. The second-order valence-electron chi connectivity index (χ2n) is 11.2. The average molecular weight is 449 g/mol. The van der Waals surface area contributed by atoms with Crippen molar-refractivity contribution in [2.24, 2.45) is 34.5 Å². The van der Waals surface area contributed by atoms with Crippen molar-refractivity contribution < 1.29 is 24.9 Å². The first-order valence-corrected chi connectivity index (χ1v) is 12.8. The molecule has 5 nitrogen and oxygen atoms in total. The Balaban J connectivity index is 1.47. The molecule has 0 aromatic carbocycles. The van der Waals surface area contributed by atoms with E-state index in [1.807, 2.05) is 17.5 Å². The lowest BCUT2D eigenvalue weighted by Gasteiger charge is -2.64. The quantitative estimate of drug-likeness (QED) is 0.598. The maximum absolute atomic E-state index is 11.9. The molecule has 172 valence electrons. The number of hydrogen-bond donors (Lipinski definition) is 3. The zero-order valence-corrected chi connectivity index (χ0v) is 19.6. The minimum Gasteiger partial charge on any atom is -0.463 e. The summed E-state index contributed by atoms with van der Waals surface area (Å²) in [5.41, 5.74) is -1.23. The number of rotatable bonds is 2. The predicted molar refractivity (Wildman–Crippen MR) is 118 cm³/mol. The summed E-state index contributed by atoms with van der Waals surface area (Å²) in [6.45, 7) is 5.94. The molecular weight excluding hydrogens is 412 g/mol. The van der Waals surface area contributed by atoms with E-state index in [9.17, 15) is 20.1 Å². The highest BCUT2D eigenvalue weighted by Gasteiger charge is 2.68. The third-order valence-corrected chi connectivity index (χ3v) is 11.1. The van der Waals surface area contributed by atoms with E-state index in [2.05, 4.69) is 13.8 Å². The molecule has 0 saturated heterocycles. The van der Waals surface area contributed by atoms with Crippen molar-refractivity contribution in [2.45, 2.75) is 89.6 Å². The summed E-state index contributed by atoms with van der Waals surface area (Å²) in [5.74, 6) is 0.160.